The van der Waals surface area contributed by atoms with Crippen molar-refractivity contribution >= 4 is 5.82 Å². The Bertz CT molecular complexity index is 340. The van der Waals surface area contributed by atoms with Crippen molar-refractivity contribution in [3.63, 3.8) is 0 Å². The van der Waals surface area contributed by atoms with Crippen LogP contribution in [0.15, 0.2) is 24.9 Å². The number of nitrogens with zero attached hydrogens (tertiary/aromatic N) is 3. The number of nitrogens with one attached hydrogen (secondary N) is 1. The monoisotopic (exact) mass is 174 g/mol. The summed E-state index contributed by atoms with van der Waals surface area (Å²) < 4.78 is 0. The van der Waals surface area contributed by atoms with Gasteiger partial charge in [-0.3, -0.25) is 0 Å². The third kappa shape index (κ3) is 2.27. The first-order chi connectivity index (χ1) is 6.27. The van der Waals surface area contributed by atoms with Crippen LogP contribution in [0.25, 0.3) is 0 Å². The van der Waals surface area contributed by atoms with Gasteiger partial charge < -0.3 is 5.32 Å². The first-order valence-electron chi connectivity index (χ1n) is 3.89. The van der Waals surface area contributed by atoms with Crippen LogP contribution in [0.3, 0.4) is 0 Å². The minimum atomic E-state index is 0.0730. The van der Waals surface area contributed by atoms with E-state index in [-0.39, 0.29) is 6.04 Å². The Kier molecular flexibility index (Phi) is 2.98. The summed E-state index contributed by atoms with van der Waals surface area (Å²) in [5, 5.41) is 19.2. The Morgan fingerprint density at radius 2 is 2.54 bits per heavy atom. The molecule has 1 aromatic rings. The van der Waals surface area contributed by atoms with Crippen molar-refractivity contribution in [1.29, 1.82) is 5.26 Å². The largest absolute Gasteiger partial charge is 0.362 e. The van der Waals surface area contributed by atoms with Gasteiger partial charge in [0.15, 0.2) is 5.82 Å². The summed E-state index contributed by atoms with van der Waals surface area (Å²) >= 11 is 0. The number of aromatic nitrogens is 2. The van der Waals surface area contributed by atoms with Crippen LogP contribution in [0.5, 0.6) is 0 Å². The predicted octanol–water partition coefficient (Wildman–Crippen LogP) is 1.33. The van der Waals surface area contributed by atoms with Gasteiger partial charge in [-0.2, -0.15) is 10.4 Å². The summed E-state index contributed by atoms with van der Waals surface area (Å²) in [6.07, 6.45) is 3.22. The average molecular weight is 174 g/mol. The summed E-state index contributed by atoms with van der Waals surface area (Å²) in [5.74, 6) is 0.498. The van der Waals surface area contributed by atoms with E-state index in [9.17, 15) is 0 Å². The molecule has 0 spiro atoms. The van der Waals surface area contributed by atoms with E-state index in [1.165, 1.54) is 6.20 Å². The van der Waals surface area contributed by atoms with E-state index in [0.717, 1.165) is 0 Å². The van der Waals surface area contributed by atoms with Crippen molar-refractivity contribution in [1.82, 2.24) is 10.2 Å². The standard InChI is InChI=1S/C9H10N4/c1-3-7(2)12-9-8(6-10)4-5-11-13-9/h3-5,7H,1H2,2H3,(H,12,13). The summed E-state index contributed by atoms with van der Waals surface area (Å²) in [6.45, 7) is 5.54. The fourth-order valence-electron chi connectivity index (χ4n) is 0.803. The molecule has 1 aromatic heterocycles. The third-order valence-electron chi connectivity index (χ3n) is 1.56. The van der Waals surface area contributed by atoms with E-state index in [2.05, 4.69) is 22.1 Å². The zero-order chi connectivity index (χ0) is 9.68. The molecule has 1 atom stereocenters. The minimum Gasteiger partial charge on any atom is -0.362 e. The number of nitriles is 1. The highest BCUT2D eigenvalue weighted by Gasteiger charge is 2.04. The number of anilines is 1. The number of hydrogen-bond acceptors (Lipinski definition) is 4. The molecule has 0 bridgehead atoms. The quantitative estimate of drug-likeness (QED) is 0.702. The third-order valence-corrected chi connectivity index (χ3v) is 1.56. The fraction of sp³-hybridized carbons (Fsp3) is 0.222. The van der Waals surface area contributed by atoms with Crippen molar-refractivity contribution in [3.05, 3.63) is 30.5 Å². The SMILES string of the molecule is C=CC(C)Nc1nnccc1C#N. The average Bonchev–Trinajstić information content (AvgIpc) is 2.18. The van der Waals surface area contributed by atoms with Gasteiger partial charge in [-0.05, 0) is 13.0 Å². The topological polar surface area (TPSA) is 61.6 Å². The molecular weight excluding hydrogens is 164 g/mol. The highest BCUT2D eigenvalue weighted by molar-refractivity contribution is 5.51. The van der Waals surface area contributed by atoms with Gasteiger partial charge in [0.1, 0.15) is 6.07 Å². The van der Waals surface area contributed by atoms with Crippen LogP contribution in [0.4, 0.5) is 5.82 Å². The molecule has 66 valence electrons. The molecule has 0 fully saturated rings. The molecule has 0 aliphatic carbocycles. The van der Waals surface area contributed by atoms with Crippen molar-refractivity contribution in [3.8, 4) is 6.07 Å². The first-order valence-corrected chi connectivity index (χ1v) is 3.89. The maximum absolute atomic E-state index is 8.72. The fourth-order valence-corrected chi connectivity index (χ4v) is 0.803. The Labute approximate surface area is 76.9 Å². The molecular formula is C9H10N4. The second-order valence-electron chi connectivity index (χ2n) is 2.57. The lowest BCUT2D eigenvalue weighted by atomic mass is 10.2. The van der Waals surface area contributed by atoms with Crippen molar-refractivity contribution in [2.75, 3.05) is 5.32 Å². The molecule has 1 unspecified atom stereocenters. The molecule has 1 heterocycles. The van der Waals surface area contributed by atoms with Crippen LogP contribution < -0.4 is 5.32 Å². The predicted molar refractivity (Wildman–Crippen MR) is 50.0 cm³/mol. The molecule has 1 N–H and O–H groups in total. The lowest BCUT2D eigenvalue weighted by Gasteiger charge is -2.09. The van der Waals surface area contributed by atoms with Crippen LogP contribution in [0.1, 0.15) is 12.5 Å². The van der Waals surface area contributed by atoms with Crippen molar-refractivity contribution in [2.45, 2.75) is 13.0 Å². The van der Waals surface area contributed by atoms with Gasteiger partial charge >= 0.3 is 0 Å². The van der Waals surface area contributed by atoms with Crippen LogP contribution in [0, 0.1) is 11.3 Å². The number of hydrogen-bond donors (Lipinski definition) is 1. The minimum absolute atomic E-state index is 0.0730. The highest BCUT2D eigenvalue weighted by Crippen LogP contribution is 2.09. The highest BCUT2D eigenvalue weighted by atomic mass is 15.2. The molecule has 0 saturated heterocycles. The van der Waals surface area contributed by atoms with E-state index in [1.807, 2.05) is 13.0 Å². The zero-order valence-corrected chi connectivity index (χ0v) is 7.36. The Balaban J connectivity index is 2.88. The Morgan fingerprint density at radius 1 is 1.77 bits per heavy atom. The second kappa shape index (κ2) is 4.21. The van der Waals surface area contributed by atoms with E-state index in [4.69, 9.17) is 5.26 Å². The van der Waals surface area contributed by atoms with E-state index in [1.54, 1.807) is 12.1 Å². The zero-order valence-electron chi connectivity index (χ0n) is 7.36. The molecule has 0 radical (unpaired) electrons. The van der Waals surface area contributed by atoms with Gasteiger partial charge in [0.25, 0.3) is 0 Å². The van der Waals surface area contributed by atoms with E-state index in [0.29, 0.717) is 11.4 Å². The summed E-state index contributed by atoms with van der Waals surface area (Å²) in [4.78, 5) is 0. The van der Waals surface area contributed by atoms with E-state index < -0.39 is 0 Å². The lowest BCUT2D eigenvalue weighted by molar-refractivity contribution is 0.941. The molecule has 1 rings (SSSR count). The Morgan fingerprint density at radius 3 is 3.15 bits per heavy atom. The van der Waals surface area contributed by atoms with Crippen LogP contribution in [-0.2, 0) is 0 Å². The van der Waals surface area contributed by atoms with Crippen molar-refractivity contribution in [2.24, 2.45) is 0 Å². The molecule has 13 heavy (non-hydrogen) atoms. The van der Waals surface area contributed by atoms with Crippen LogP contribution >= 0.6 is 0 Å². The van der Waals surface area contributed by atoms with Gasteiger partial charge in [-0.1, -0.05) is 6.08 Å². The van der Waals surface area contributed by atoms with Gasteiger partial charge in [0, 0.05) is 6.04 Å². The van der Waals surface area contributed by atoms with Gasteiger partial charge in [-0.25, -0.2) is 0 Å². The van der Waals surface area contributed by atoms with Crippen LogP contribution in [-0.4, -0.2) is 16.2 Å². The maximum atomic E-state index is 8.72. The molecule has 0 aliphatic heterocycles. The van der Waals surface area contributed by atoms with Crippen LogP contribution in [0.2, 0.25) is 0 Å². The first kappa shape index (κ1) is 9.20. The molecule has 0 aliphatic rings. The second-order valence-corrected chi connectivity index (χ2v) is 2.57. The summed E-state index contributed by atoms with van der Waals surface area (Å²) in [6, 6.07) is 3.71. The maximum Gasteiger partial charge on any atom is 0.167 e. The summed E-state index contributed by atoms with van der Waals surface area (Å²) in [7, 11) is 0. The smallest absolute Gasteiger partial charge is 0.167 e. The molecule has 4 heteroatoms. The normalized spacial score (nSPS) is 11.4. The molecule has 0 aromatic carbocycles. The summed E-state index contributed by atoms with van der Waals surface area (Å²) in [5.41, 5.74) is 0.490. The molecule has 4 nitrogen and oxygen atoms in total. The van der Waals surface area contributed by atoms with Gasteiger partial charge in [-0.15, -0.1) is 11.7 Å². The van der Waals surface area contributed by atoms with Gasteiger partial charge in [0.2, 0.25) is 0 Å². The number of rotatable bonds is 3. The Hall–Kier alpha value is -1.89. The van der Waals surface area contributed by atoms with Gasteiger partial charge in [0.05, 0.1) is 11.8 Å². The molecule has 0 saturated carbocycles. The lowest BCUT2D eigenvalue weighted by Crippen LogP contribution is -2.14. The van der Waals surface area contributed by atoms with E-state index >= 15 is 0 Å². The molecule has 0 amide bonds. The van der Waals surface area contributed by atoms with Crippen molar-refractivity contribution < 1.29 is 0 Å².